The fourth-order valence-electron chi connectivity index (χ4n) is 5.70. The van der Waals surface area contributed by atoms with Crippen molar-refractivity contribution in [1.82, 2.24) is 4.90 Å². The van der Waals surface area contributed by atoms with Crippen LogP contribution in [0.1, 0.15) is 43.2 Å². The molecule has 100 valence electrons. The van der Waals surface area contributed by atoms with Crippen LogP contribution in [-0.2, 0) is 16.6 Å². The summed E-state index contributed by atoms with van der Waals surface area (Å²) in [5, 5.41) is 0. The Bertz CT molecular complexity index is 538. The summed E-state index contributed by atoms with van der Waals surface area (Å²) in [5.74, 6) is 0. The summed E-state index contributed by atoms with van der Waals surface area (Å²) in [6.45, 7) is 2.11. The van der Waals surface area contributed by atoms with Gasteiger partial charge >= 0.3 is 0 Å². The smallest absolute Gasteiger partial charge is 0.100 e. The third kappa shape index (κ3) is 1.09. The van der Waals surface area contributed by atoms with Crippen LogP contribution in [0.5, 0.6) is 0 Å². The average Bonchev–Trinajstić information content (AvgIpc) is 2.69. The lowest BCUT2D eigenvalue weighted by molar-refractivity contribution is -0.109. The molecule has 2 aliphatic carbocycles. The molecule has 4 atom stereocenters. The summed E-state index contributed by atoms with van der Waals surface area (Å²) in [4.78, 5) is 2.61. The highest BCUT2D eigenvalue weighted by Crippen LogP contribution is 2.61. The quantitative estimate of drug-likeness (QED) is 0.707. The van der Waals surface area contributed by atoms with Crippen molar-refractivity contribution in [3.8, 4) is 0 Å². The fraction of sp³-hybridized carbons (Fsp3) is 0.647. The van der Waals surface area contributed by atoms with Crippen LogP contribution in [0, 0.1) is 0 Å². The molecule has 2 heteroatoms. The second kappa shape index (κ2) is 3.42. The Balaban J connectivity index is 1.81. The van der Waals surface area contributed by atoms with Gasteiger partial charge in [-0.3, -0.25) is 4.90 Å². The lowest BCUT2D eigenvalue weighted by atomic mass is 9.50. The summed E-state index contributed by atoms with van der Waals surface area (Å²) < 4.78 is 6.51. The van der Waals surface area contributed by atoms with E-state index in [1.54, 1.807) is 11.1 Å². The third-order valence-electron chi connectivity index (χ3n) is 6.45. The predicted octanol–water partition coefficient (Wildman–Crippen LogP) is 2.86. The van der Waals surface area contributed by atoms with Gasteiger partial charge in [-0.05, 0) is 36.8 Å². The van der Waals surface area contributed by atoms with Gasteiger partial charge in [-0.25, -0.2) is 0 Å². The van der Waals surface area contributed by atoms with E-state index in [1.165, 1.54) is 45.1 Å². The van der Waals surface area contributed by atoms with Gasteiger partial charge in [-0.15, -0.1) is 0 Å². The van der Waals surface area contributed by atoms with Gasteiger partial charge in [-0.1, -0.05) is 37.1 Å². The number of hydrogen-bond donors (Lipinski definition) is 0. The van der Waals surface area contributed by atoms with Crippen LogP contribution >= 0.6 is 0 Å². The largest absolute Gasteiger partial charge is 0.357 e. The third-order valence-corrected chi connectivity index (χ3v) is 6.45. The molecule has 4 aliphatic rings. The van der Waals surface area contributed by atoms with Crippen LogP contribution in [0.3, 0.4) is 0 Å². The first kappa shape index (κ1) is 10.9. The number of piperidine rings is 1. The normalized spacial score (nSPS) is 46.5. The zero-order valence-electron chi connectivity index (χ0n) is 11.4. The van der Waals surface area contributed by atoms with Gasteiger partial charge in [-0.2, -0.15) is 0 Å². The van der Waals surface area contributed by atoms with Crippen molar-refractivity contribution in [2.75, 3.05) is 13.3 Å². The Kier molecular flexibility index (Phi) is 1.96. The van der Waals surface area contributed by atoms with Crippen LogP contribution in [0.2, 0.25) is 0 Å². The average molecular weight is 255 g/mol. The number of benzene rings is 1. The summed E-state index contributed by atoms with van der Waals surface area (Å²) in [6, 6.07) is 9.85. The number of hydrogen-bond acceptors (Lipinski definition) is 2. The highest BCUT2D eigenvalue weighted by atomic mass is 16.5. The molecule has 1 saturated carbocycles. The summed E-state index contributed by atoms with van der Waals surface area (Å²) >= 11 is 0. The van der Waals surface area contributed by atoms with Crippen molar-refractivity contribution in [2.45, 2.75) is 55.6 Å². The Labute approximate surface area is 114 Å². The molecular formula is C17H21NO. The number of nitrogens with zero attached hydrogens (tertiary/aromatic N) is 1. The molecule has 0 radical (unpaired) electrons. The van der Waals surface area contributed by atoms with Crippen molar-refractivity contribution in [3.05, 3.63) is 35.4 Å². The van der Waals surface area contributed by atoms with Crippen molar-refractivity contribution in [3.63, 3.8) is 0 Å². The van der Waals surface area contributed by atoms with E-state index < -0.39 is 0 Å². The molecule has 2 nitrogen and oxygen atoms in total. The van der Waals surface area contributed by atoms with E-state index >= 15 is 0 Å². The van der Waals surface area contributed by atoms with Crippen molar-refractivity contribution < 1.29 is 4.74 Å². The molecule has 1 aromatic rings. The maximum Gasteiger partial charge on any atom is 0.100 e. The molecule has 0 aromatic heterocycles. The predicted molar refractivity (Wildman–Crippen MR) is 74.1 cm³/mol. The second-order valence-electron chi connectivity index (χ2n) is 6.89. The highest BCUT2D eigenvalue weighted by Gasteiger charge is 2.67. The molecule has 2 saturated heterocycles. The van der Waals surface area contributed by atoms with E-state index in [-0.39, 0.29) is 5.60 Å². The van der Waals surface area contributed by atoms with Gasteiger partial charge in [0.25, 0.3) is 0 Å². The Morgan fingerprint density at radius 1 is 1.11 bits per heavy atom. The van der Waals surface area contributed by atoms with Crippen LogP contribution in [0.15, 0.2) is 24.3 Å². The molecule has 3 fully saturated rings. The standard InChI is InChI=1S/C17H21NO/c1-2-6-14-13(5-1)11-15-17-8-4-3-7-16(14,17)9-10-18(15)12-19-17/h1-2,5-6,15H,3-4,7-12H2/t15?,16-,17?/m0/s1. The monoisotopic (exact) mass is 255 g/mol. The van der Waals surface area contributed by atoms with Crippen LogP contribution in [0.4, 0.5) is 0 Å². The number of rotatable bonds is 0. The SMILES string of the molecule is c1ccc2c(c1)CC1N3CC[C@@]24CCCCC14OC3. The van der Waals surface area contributed by atoms with E-state index in [2.05, 4.69) is 29.2 Å². The zero-order chi connectivity index (χ0) is 12.5. The minimum absolute atomic E-state index is 0.151. The van der Waals surface area contributed by atoms with Gasteiger partial charge in [0.2, 0.25) is 0 Å². The van der Waals surface area contributed by atoms with E-state index in [4.69, 9.17) is 4.74 Å². The fourth-order valence-corrected chi connectivity index (χ4v) is 5.70. The minimum Gasteiger partial charge on any atom is -0.357 e. The van der Waals surface area contributed by atoms with E-state index in [0.29, 0.717) is 11.5 Å². The second-order valence-corrected chi connectivity index (χ2v) is 6.89. The molecule has 1 spiro atoms. The molecule has 5 rings (SSSR count). The first-order chi connectivity index (χ1) is 9.36. The molecule has 1 aromatic carbocycles. The number of fused-ring (bicyclic) bond motifs is 1. The van der Waals surface area contributed by atoms with Crippen molar-refractivity contribution >= 4 is 0 Å². The maximum absolute atomic E-state index is 6.51. The topological polar surface area (TPSA) is 12.5 Å². The Hall–Kier alpha value is -0.860. The molecule has 4 bridgehead atoms. The van der Waals surface area contributed by atoms with Gasteiger partial charge in [0.1, 0.15) is 6.73 Å². The minimum atomic E-state index is 0.151. The molecule has 0 amide bonds. The molecule has 19 heavy (non-hydrogen) atoms. The summed E-state index contributed by atoms with van der Waals surface area (Å²) in [5.41, 5.74) is 3.71. The van der Waals surface area contributed by atoms with Gasteiger partial charge < -0.3 is 4.74 Å². The van der Waals surface area contributed by atoms with E-state index in [1.807, 2.05) is 0 Å². The maximum atomic E-state index is 6.51. The first-order valence-corrected chi connectivity index (χ1v) is 7.82. The van der Waals surface area contributed by atoms with Crippen LogP contribution < -0.4 is 0 Å². The Morgan fingerprint density at radius 2 is 2.00 bits per heavy atom. The van der Waals surface area contributed by atoms with Crippen molar-refractivity contribution in [2.24, 2.45) is 0 Å². The lowest BCUT2D eigenvalue weighted by Gasteiger charge is -2.60. The van der Waals surface area contributed by atoms with Crippen LogP contribution in [0.25, 0.3) is 0 Å². The van der Waals surface area contributed by atoms with E-state index in [9.17, 15) is 0 Å². The molecular weight excluding hydrogens is 234 g/mol. The summed E-state index contributed by atoms with van der Waals surface area (Å²) in [6.07, 6.45) is 7.87. The van der Waals surface area contributed by atoms with Gasteiger partial charge in [0, 0.05) is 18.0 Å². The molecule has 2 heterocycles. The lowest BCUT2D eigenvalue weighted by Crippen LogP contribution is -2.68. The van der Waals surface area contributed by atoms with Gasteiger partial charge in [0.15, 0.2) is 0 Å². The first-order valence-electron chi connectivity index (χ1n) is 7.82. The van der Waals surface area contributed by atoms with Crippen molar-refractivity contribution in [1.29, 1.82) is 0 Å². The van der Waals surface area contributed by atoms with Gasteiger partial charge in [0.05, 0.1) is 5.60 Å². The molecule has 3 unspecified atom stereocenters. The van der Waals surface area contributed by atoms with E-state index in [0.717, 1.165) is 6.73 Å². The molecule has 0 N–H and O–H groups in total. The number of ether oxygens (including phenoxy) is 1. The molecule has 2 aliphatic heterocycles. The van der Waals surface area contributed by atoms with Crippen LogP contribution in [-0.4, -0.2) is 29.8 Å². The Morgan fingerprint density at radius 3 is 3.00 bits per heavy atom. The highest BCUT2D eigenvalue weighted by molar-refractivity contribution is 5.45. The summed E-state index contributed by atoms with van der Waals surface area (Å²) in [7, 11) is 0. The zero-order valence-corrected chi connectivity index (χ0v) is 11.4.